The molecule has 1 amide bonds. The molecule has 15 nitrogen and oxygen atoms in total. The van der Waals surface area contributed by atoms with Crippen molar-refractivity contribution in [1.29, 1.82) is 0 Å². The van der Waals surface area contributed by atoms with Crippen molar-refractivity contribution in [2.24, 2.45) is 5.11 Å². The first-order chi connectivity index (χ1) is 20.3. The van der Waals surface area contributed by atoms with Crippen LogP contribution < -0.4 is 5.32 Å². The van der Waals surface area contributed by atoms with Crippen molar-refractivity contribution in [2.45, 2.75) is 70.0 Å². The van der Waals surface area contributed by atoms with Crippen LogP contribution in [0.2, 0.25) is 0 Å². The Balaban J connectivity index is 2.77. The molecule has 1 aliphatic rings. The van der Waals surface area contributed by atoms with E-state index in [-0.39, 0.29) is 5.56 Å². The minimum atomic E-state index is -2.59. The van der Waals surface area contributed by atoms with Gasteiger partial charge in [-0.25, -0.2) is 13.6 Å². The molecule has 236 valence electrons. The number of benzene rings is 1. The Morgan fingerprint density at radius 1 is 1.16 bits per heavy atom. The molecule has 1 saturated heterocycles. The number of carbonyl (C=O) groups is 5. The second kappa shape index (κ2) is 16.0. The number of hydrogen-bond acceptors (Lipinski definition) is 12. The largest absolute Gasteiger partial charge is 0.465 e. The number of halogens is 3. The number of azide groups is 1. The Hall–Kier alpha value is -4.05. The lowest BCUT2D eigenvalue weighted by Gasteiger charge is -2.48. The molecule has 6 atom stereocenters. The Kier molecular flexibility index (Phi) is 13.1. The van der Waals surface area contributed by atoms with Gasteiger partial charge in [-0.2, -0.15) is 0 Å². The molecule has 0 bridgehead atoms. The SMILES string of the molecule is COC(=O)[C@@]1(OCc2cccc(F)c2F)C[C@H](OC(C)=O)[C@@H](NC(=O)CCl)[C@H]([C@H](OC(C)=O)[C@@H](CN=[N+]=[N-])OC(C)=O)O1. The fraction of sp³-hybridized carbons (Fsp3) is 0.560. The van der Waals surface area contributed by atoms with Crippen LogP contribution in [0.25, 0.3) is 10.4 Å². The van der Waals surface area contributed by atoms with Crippen molar-refractivity contribution in [3.8, 4) is 0 Å². The lowest BCUT2D eigenvalue weighted by atomic mass is 9.87. The third-order valence-electron chi connectivity index (χ3n) is 5.94. The summed E-state index contributed by atoms with van der Waals surface area (Å²) in [5.41, 5.74) is 8.54. The Bertz CT molecular complexity index is 1260. The van der Waals surface area contributed by atoms with Crippen LogP contribution in [-0.4, -0.2) is 85.6 Å². The van der Waals surface area contributed by atoms with E-state index < -0.39 is 103 Å². The van der Waals surface area contributed by atoms with Crippen LogP contribution in [-0.2, 0) is 59.0 Å². The van der Waals surface area contributed by atoms with Gasteiger partial charge in [0.05, 0.1) is 32.7 Å². The number of amides is 1. The van der Waals surface area contributed by atoms with E-state index in [0.717, 1.165) is 40.0 Å². The van der Waals surface area contributed by atoms with E-state index in [2.05, 4.69) is 15.3 Å². The molecule has 2 rings (SSSR count). The van der Waals surface area contributed by atoms with Gasteiger partial charge in [-0.15, -0.1) is 11.6 Å². The van der Waals surface area contributed by atoms with Crippen LogP contribution >= 0.6 is 11.6 Å². The van der Waals surface area contributed by atoms with Gasteiger partial charge >= 0.3 is 23.9 Å². The number of methoxy groups -OCH3 is 1. The Labute approximate surface area is 248 Å². The lowest BCUT2D eigenvalue weighted by Crippen LogP contribution is -2.69. The van der Waals surface area contributed by atoms with Crippen LogP contribution in [0, 0.1) is 11.6 Å². The van der Waals surface area contributed by atoms with E-state index in [1.165, 1.54) is 6.07 Å². The average Bonchev–Trinajstić information content (AvgIpc) is 2.94. The van der Waals surface area contributed by atoms with Crippen LogP contribution in [0.15, 0.2) is 23.3 Å². The van der Waals surface area contributed by atoms with Crippen molar-refractivity contribution in [3.63, 3.8) is 0 Å². The molecular weight excluding hydrogens is 606 g/mol. The van der Waals surface area contributed by atoms with Gasteiger partial charge in [-0.05, 0) is 11.6 Å². The highest BCUT2D eigenvalue weighted by atomic mass is 35.5. The van der Waals surface area contributed by atoms with Gasteiger partial charge in [-0.3, -0.25) is 19.2 Å². The number of esters is 4. The maximum atomic E-state index is 14.5. The maximum Gasteiger partial charge on any atom is 0.366 e. The molecule has 1 fully saturated rings. The molecule has 43 heavy (non-hydrogen) atoms. The molecule has 1 heterocycles. The summed E-state index contributed by atoms with van der Waals surface area (Å²) < 4.78 is 60.9. The molecule has 0 radical (unpaired) electrons. The number of ether oxygens (including phenoxy) is 6. The van der Waals surface area contributed by atoms with Crippen LogP contribution in [0.1, 0.15) is 32.8 Å². The number of nitrogens with zero attached hydrogens (tertiary/aromatic N) is 3. The van der Waals surface area contributed by atoms with E-state index in [4.69, 9.17) is 45.6 Å². The van der Waals surface area contributed by atoms with Gasteiger partial charge < -0.3 is 33.7 Å². The standard InChI is InChI=1S/C25H29ClF2N4O11/c1-12(33)40-17-8-25(24(37)38-4,39-11-15-6-5-7-16(27)20(15)28)43-23(21(17)31-19(36)9-26)22(42-14(3)35)18(10-30-32-29)41-13(2)34/h5-7,17-18,21-23H,8-11H2,1-4H3,(H,31,36)/t17-,18+,21+,22+,23+,25+/m0/s1. The fourth-order valence-electron chi connectivity index (χ4n) is 4.32. The van der Waals surface area contributed by atoms with Gasteiger partial charge in [0.15, 0.2) is 17.7 Å². The zero-order chi connectivity index (χ0) is 32.3. The summed E-state index contributed by atoms with van der Waals surface area (Å²) >= 11 is 5.67. The van der Waals surface area contributed by atoms with Gasteiger partial charge in [0.2, 0.25) is 5.91 Å². The van der Waals surface area contributed by atoms with Gasteiger partial charge in [0.25, 0.3) is 5.79 Å². The number of nitrogens with one attached hydrogen (secondary N) is 1. The molecule has 0 aromatic heterocycles. The number of rotatable bonds is 13. The second-order valence-corrected chi connectivity index (χ2v) is 9.31. The van der Waals surface area contributed by atoms with Crippen molar-refractivity contribution >= 4 is 41.4 Å². The minimum Gasteiger partial charge on any atom is -0.465 e. The van der Waals surface area contributed by atoms with Crippen LogP contribution in [0.5, 0.6) is 0 Å². The third kappa shape index (κ3) is 9.47. The molecule has 1 aromatic rings. The molecule has 0 saturated carbocycles. The van der Waals surface area contributed by atoms with Crippen molar-refractivity contribution < 1.29 is 61.2 Å². The van der Waals surface area contributed by atoms with Crippen molar-refractivity contribution in [2.75, 3.05) is 19.5 Å². The van der Waals surface area contributed by atoms with E-state index in [1.807, 2.05) is 0 Å². The predicted molar refractivity (Wildman–Crippen MR) is 139 cm³/mol. The minimum absolute atomic E-state index is 0.345. The Morgan fingerprint density at radius 2 is 1.84 bits per heavy atom. The van der Waals surface area contributed by atoms with E-state index in [1.54, 1.807) is 0 Å². The zero-order valence-corrected chi connectivity index (χ0v) is 24.2. The first-order valence-electron chi connectivity index (χ1n) is 12.5. The highest BCUT2D eigenvalue weighted by molar-refractivity contribution is 6.27. The van der Waals surface area contributed by atoms with Gasteiger partial charge in [-0.1, -0.05) is 17.2 Å². The van der Waals surface area contributed by atoms with Crippen LogP contribution in [0.4, 0.5) is 8.78 Å². The normalized spacial score (nSPS) is 22.6. The maximum absolute atomic E-state index is 14.5. The lowest BCUT2D eigenvalue weighted by molar-refractivity contribution is -0.317. The molecule has 0 aliphatic carbocycles. The summed E-state index contributed by atoms with van der Waals surface area (Å²) in [5.74, 6) is -10.6. The number of hydrogen-bond donors (Lipinski definition) is 1. The van der Waals surface area contributed by atoms with Crippen molar-refractivity contribution in [3.05, 3.63) is 45.8 Å². The summed E-state index contributed by atoms with van der Waals surface area (Å²) in [7, 11) is 0.948. The topological polar surface area (TPSA) is 202 Å². The Morgan fingerprint density at radius 3 is 2.40 bits per heavy atom. The van der Waals surface area contributed by atoms with Crippen molar-refractivity contribution in [1.82, 2.24) is 5.32 Å². The molecule has 1 aliphatic heterocycles. The van der Waals surface area contributed by atoms with Gasteiger partial charge in [0, 0.05) is 31.2 Å². The summed E-state index contributed by atoms with van der Waals surface area (Å²) in [6.45, 7) is 1.56. The summed E-state index contributed by atoms with van der Waals surface area (Å²) in [6, 6.07) is 1.72. The van der Waals surface area contributed by atoms with Crippen LogP contribution in [0.3, 0.4) is 0 Å². The average molecular weight is 635 g/mol. The third-order valence-corrected chi connectivity index (χ3v) is 6.18. The molecule has 1 N–H and O–H groups in total. The highest BCUT2D eigenvalue weighted by Crippen LogP contribution is 2.38. The number of alkyl halides is 1. The zero-order valence-electron chi connectivity index (χ0n) is 23.4. The fourth-order valence-corrected chi connectivity index (χ4v) is 4.40. The quantitative estimate of drug-likeness (QED) is 0.0830. The second-order valence-electron chi connectivity index (χ2n) is 9.04. The summed E-state index contributed by atoms with van der Waals surface area (Å²) in [6.07, 6.45) is -7.37. The summed E-state index contributed by atoms with van der Waals surface area (Å²) in [4.78, 5) is 64.6. The first-order valence-corrected chi connectivity index (χ1v) is 13.0. The molecular formula is C25H29ClF2N4O11. The molecule has 1 aromatic carbocycles. The first kappa shape index (κ1) is 35.1. The summed E-state index contributed by atoms with van der Waals surface area (Å²) in [5, 5.41) is 5.81. The molecule has 18 heteroatoms. The van der Waals surface area contributed by atoms with Gasteiger partial charge in [0.1, 0.15) is 24.2 Å². The van der Waals surface area contributed by atoms with E-state index >= 15 is 0 Å². The predicted octanol–water partition coefficient (Wildman–Crippen LogP) is 1.97. The smallest absolute Gasteiger partial charge is 0.366 e. The molecule has 0 spiro atoms. The molecule has 0 unspecified atom stereocenters. The van der Waals surface area contributed by atoms with E-state index in [0.29, 0.717) is 0 Å². The monoisotopic (exact) mass is 634 g/mol. The van der Waals surface area contributed by atoms with E-state index in [9.17, 15) is 32.8 Å². The highest BCUT2D eigenvalue weighted by Gasteiger charge is 2.59. The number of carbonyl (C=O) groups excluding carboxylic acids is 5.